The number of pyridine rings is 2. The number of nitrogens with one attached hydrogen (secondary N) is 1. The molecule has 0 saturated heterocycles. The first-order valence-corrected chi connectivity index (χ1v) is 11.4. The molecule has 3 N–H and O–H groups in total. The van der Waals surface area contributed by atoms with Crippen molar-refractivity contribution in [2.24, 2.45) is 0 Å². The van der Waals surface area contributed by atoms with Crippen molar-refractivity contribution in [3.8, 4) is 29.1 Å². The summed E-state index contributed by atoms with van der Waals surface area (Å²) >= 11 is 0. The van der Waals surface area contributed by atoms with Crippen molar-refractivity contribution < 1.29 is 13.9 Å². The molecule has 0 aliphatic rings. The lowest BCUT2D eigenvalue weighted by Crippen LogP contribution is -2.02. The van der Waals surface area contributed by atoms with Gasteiger partial charge in [0.1, 0.15) is 23.4 Å². The van der Waals surface area contributed by atoms with Crippen LogP contribution in [0.5, 0.6) is 17.4 Å². The second-order valence-corrected chi connectivity index (χ2v) is 8.12. The Labute approximate surface area is 211 Å². The average Bonchev–Trinajstić information content (AvgIpc) is 3.35. The van der Waals surface area contributed by atoms with Crippen molar-refractivity contribution in [2.75, 3.05) is 17.7 Å². The van der Waals surface area contributed by atoms with Crippen molar-refractivity contribution >= 4 is 28.0 Å². The number of rotatable bonds is 7. The number of ether oxygens (including phenoxy) is 2. The molecule has 184 valence electrons. The van der Waals surface area contributed by atoms with E-state index < -0.39 is 5.82 Å². The van der Waals surface area contributed by atoms with Crippen LogP contribution in [0.3, 0.4) is 0 Å². The Kier molecular flexibility index (Phi) is 6.26. The third-order valence-electron chi connectivity index (χ3n) is 5.57. The van der Waals surface area contributed by atoms with Gasteiger partial charge in [-0.05, 0) is 44.2 Å². The minimum atomic E-state index is -0.576. The largest absolute Gasteiger partial charge is 0.492 e. The number of nitrogen functional groups attached to an aromatic ring is 1. The molecule has 0 spiro atoms. The van der Waals surface area contributed by atoms with Crippen LogP contribution >= 0.6 is 0 Å². The predicted octanol–water partition coefficient (Wildman–Crippen LogP) is 5.65. The number of hydrogen-bond acceptors (Lipinski definition) is 8. The van der Waals surface area contributed by atoms with Crippen molar-refractivity contribution in [1.29, 1.82) is 5.26 Å². The number of nitrogens with two attached hydrogens (primary N) is 1. The lowest BCUT2D eigenvalue weighted by Gasteiger charge is -2.15. The highest BCUT2D eigenvalue weighted by atomic mass is 19.1. The molecule has 0 radical (unpaired) electrons. The number of hydrogen-bond donors (Lipinski definition) is 2. The average molecular weight is 496 g/mol. The molecule has 10 heteroatoms. The summed E-state index contributed by atoms with van der Waals surface area (Å²) in [6, 6.07) is 15.3. The number of nitriles is 1. The van der Waals surface area contributed by atoms with Crippen molar-refractivity contribution in [2.45, 2.75) is 13.8 Å². The van der Waals surface area contributed by atoms with Gasteiger partial charge < -0.3 is 20.5 Å². The van der Waals surface area contributed by atoms with Gasteiger partial charge in [-0.3, -0.25) is 9.97 Å². The molecular weight excluding hydrogens is 473 g/mol. The molecule has 37 heavy (non-hydrogen) atoms. The van der Waals surface area contributed by atoms with Gasteiger partial charge in [0, 0.05) is 41.7 Å². The summed E-state index contributed by atoms with van der Waals surface area (Å²) in [5, 5.41) is 17.6. The Bertz CT molecular complexity index is 1640. The van der Waals surface area contributed by atoms with E-state index in [0.717, 1.165) is 11.4 Å². The number of halogens is 1. The molecule has 9 nitrogen and oxygen atoms in total. The van der Waals surface area contributed by atoms with E-state index >= 15 is 4.39 Å². The second kappa shape index (κ2) is 9.83. The monoisotopic (exact) mass is 495 g/mol. The first kappa shape index (κ1) is 23.6. The Morgan fingerprint density at radius 3 is 2.70 bits per heavy atom. The van der Waals surface area contributed by atoms with Crippen LogP contribution in [-0.2, 0) is 0 Å². The van der Waals surface area contributed by atoms with Gasteiger partial charge in [0.2, 0.25) is 5.88 Å². The molecular formula is C27H22FN7O2. The number of fused-ring (bicyclic) bond motifs is 1. The molecule has 0 atom stereocenters. The van der Waals surface area contributed by atoms with Crippen LogP contribution in [0.15, 0.2) is 67.1 Å². The number of nitrogens with zero attached hydrogens (tertiary/aromatic N) is 5. The van der Waals surface area contributed by atoms with Gasteiger partial charge in [-0.2, -0.15) is 5.26 Å². The molecule has 0 aliphatic heterocycles. The van der Waals surface area contributed by atoms with E-state index in [4.69, 9.17) is 15.2 Å². The third kappa shape index (κ3) is 4.83. The normalized spacial score (nSPS) is 10.8. The minimum Gasteiger partial charge on any atom is -0.492 e. The second-order valence-electron chi connectivity index (χ2n) is 8.12. The van der Waals surface area contributed by atoms with E-state index in [9.17, 15) is 5.26 Å². The smallest absolute Gasteiger partial charge is 0.238 e. The molecule has 0 aliphatic carbocycles. The summed E-state index contributed by atoms with van der Waals surface area (Å²) < 4.78 is 28.0. The molecule has 0 amide bonds. The maximum Gasteiger partial charge on any atom is 0.238 e. The highest BCUT2D eigenvalue weighted by Gasteiger charge is 2.15. The maximum atomic E-state index is 15.1. The Balaban J connectivity index is 1.40. The topological polar surface area (TPSA) is 124 Å². The van der Waals surface area contributed by atoms with E-state index in [1.807, 2.05) is 26.0 Å². The molecule has 2 aromatic carbocycles. The van der Waals surface area contributed by atoms with Gasteiger partial charge in [0.25, 0.3) is 0 Å². The summed E-state index contributed by atoms with van der Waals surface area (Å²) in [4.78, 5) is 8.58. The Morgan fingerprint density at radius 2 is 1.97 bits per heavy atom. The van der Waals surface area contributed by atoms with Gasteiger partial charge in [0.05, 0.1) is 46.6 Å². The van der Waals surface area contributed by atoms with Crippen LogP contribution < -0.4 is 20.5 Å². The predicted molar refractivity (Wildman–Crippen MR) is 138 cm³/mol. The molecule has 5 rings (SSSR count). The van der Waals surface area contributed by atoms with Gasteiger partial charge >= 0.3 is 0 Å². The Hall–Kier alpha value is -5.17. The number of anilines is 3. The van der Waals surface area contributed by atoms with E-state index in [1.54, 1.807) is 41.3 Å². The lowest BCUT2D eigenvalue weighted by atomic mass is 10.1. The van der Waals surface area contributed by atoms with Gasteiger partial charge in [-0.15, -0.1) is 5.10 Å². The molecule has 0 bridgehead atoms. The van der Waals surface area contributed by atoms with Crippen LogP contribution in [-0.4, -0.2) is 26.4 Å². The fraction of sp³-hybridized carbons (Fsp3) is 0.111. The van der Waals surface area contributed by atoms with Crippen LogP contribution in [0.25, 0.3) is 16.6 Å². The van der Waals surface area contributed by atoms with Crippen molar-refractivity contribution in [3.05, 3.63) is 84.2 Å². The number of benzene rings is 2. The van der Waals surface area contributed by atoms with Crippen LogP contribution in [0.1, 0.15) is 18.2 Å². The zero-order chi connectivity index (χ0) is 25.9. The maximum absolute atomic E-state index is 15.1. The van der Waals surface area contributed by atoms with E-state index in [2.05, 4.69) is 26.5 Å². The summed E-state index contributed by atoms with van der Waals surface area (Å²) in [6.07, 6.45) is 4.86. The van der Waals surface area contributed by atoms with E-state index in [0.29, 0.717) is 40.5 Å². The van der Waals surface area contributed by atoms with Crippen LogP contribution in [0.2, 0.25) is 0 Å². The molecule has 0 unspecified atom stereocenters. The molecule has 5 aromatic rings. The molecule has 0 saturated carbocycles. The first-order valence-electron chi connectivity index (χ1n) is 11.4. The van der Waals surface area contributed by atoms with Crippen molar-refractivity contribution in [1.82, 2.24) is 19.7 Å². The Morgan fingerprint density at radius 1 is 1.11 bits per heavy atom. The highest BCUT2D eigenvalue weighted by molar-refractivity contribution is 5.98. The minimum absolute atomic E-state index is 0.153. The van der Waals surface area contributed by atoms with E-state index in [1.165, 1.54) is 18.3 Å². The van der Waals surface area contributed by atoms with E-state index in [-0.39, 0.29) is 17.0 Å². The molecule has 0 fully saturated rings. The SMILES string of the molecule is CCOc1cc2ncc(C#N)c(Nc3ccc(Oc4ccn(-c5ccc(C)nc5)n4)cc3F)c2cc1N. The fourth-order valence-electron chi connectivity index (χ4n) is 3.75. The molecule has 3 aromatic heterocycles. The summed E-state index contributed by atoms with van der Waals surface area (Å²) in [7, 11) is 0. The van der Waals surface area contributed by atoms with Gasteiger partial charge in [-0.25, -0.2) is 9.07 Å². The van der Waals surface area contributed by atoms with Gasteiger partial charge in [0.15, 0.2) is 0 Å². The summed E-state index contributed by atoms with van der Waals surface area (Å²) in [5.74, 6) is 0.480. The highest BCUT2D eigenvalue weighted by Crippen LogP contribution is 2.36. The van der Waals surface area contributed by atoms with Crippen LogP contribution in [0.4, 0.5) is 21.5 Å². The van der Waals surface area contributed by atoms with Crippen molar-refractivity contribution in [3.63, 3.8) is 0 Å². The number of aryl methyl sites for hydroxylation is 1. The zero-order valence-corrected chi connectivity index (χ0v) is 20.1. The number of aromatic nitrogens is 4. The lowest BCUT2D eigenvalue weighted by molar-refractivity contribution is 0.342. The molecule has 3 heterocycles. The summed E-state index contributed by atoms with van der Waals surface area (Å²) in [5.41, 5.74) is 9.53. The first-order chi connectivity index (χ1) is 17.9. The zero-order valence-electron chi connectivity index (χ0n) is 20.1. The standard InChI is InChI=1S/C27H22FN7O2/c1-3-36-25-12-24-20(11-22(25)30)27(17(13-29)14-32-24)33-23-7-6-19(10-21(23)28)37-26-8-9-35(34-26)18-5-4-16(2)31-15-18/h4-12,14-15H,3,30H2,1-2H3,(H,32,33). The van der Waals surface area contributed by atoms with Gasteiger partial charge in [-0.1, -0.05) is 0 Å². The summed E-state index contributed by atoms with van der Waals surface area (Å²) in [6.45, 7) is 4.20. The quantitative estimate of drug-likeness (QED) is 0.278. The fourth-order valence-corrected chi connectivity index (χ4v) is 3.75. The van der Waals surface area contributed by atoms with Crippen LogP contribution in [0, 0.1) is 24.1 Å². The third-order valence-corrected chi connectivity index (χ3v) is 5.57.